The largest absolute Gasteiger partial charge is 0.302 e. The van der Waals surface area contributed by atoms with Crippen molar-refractivity contribution in [3.63, 3.8) is 0 Å². The molecule has 0 aliphatic carbocycles. The van der Waals surface area contributed by atoms with E-state index in [9.17, 15) is 4.79 Å². The maximum atomic E-state index is 11.3. The molecule has 0 spiro atoms. The van der Waals surface area contributed by atoms with Crippen molar-refractivity contribution < 1.29 is 4.79 Å². The first-order chi connectivity index (χ1) is 7.50. The van der Waals surface area contributed by atoms with Crippen LogP contribution in [0.25, 0.3) is 0 Å². The zero-order valence-electron chi connectivity index (χ0n) is 8.76. The molecule has 0 amide bonds. The first-order valence-electron chi connectivity index (χ1n) is 4.92. The minimum atomic E-state index is -0.378. The normalized spacial score (nSPS) is 16.0. The Morgan fingerprint density at radius 2 is 2.19 bits per heavy atom. The van der Waals surface area contributed by atoms with E-state index in [1.165, 1.54) is 0 Å². The van der Waals surface area contributed by atoms with E-state index >= 15 is 0 Å². The molecule has 0 atom stereocenters. The number of likely N-dealkylation sites (N-methyl/N-ethyl adjacent to an activating group) is 1. The van der Waals surface area contributed by atoms with Gasteiger partial charge in [0.2, 0.25) is 5.12 Å². The summed E-state index contributed by atoms with van der Waals surface area (Å²) in [6.07, 6.45) is 0.843. The van der Waals surface area contributed by atoms with Gasteiger partial charge in [0.15, 0.2) is 0 Å². The molecule has 1 aliphatic rings. The van der Waals surface area contributed by atoms with Crippen LogP contribution in [0.1, 0.15) is 21.5 Å². The summed E-state index contributed by atoms with van der Waals surface area (Å²) in [5.41, 5.74) is 2.46. The van der Waals surface area contributed by atoms with Gasteiger partial charge in [0.05, 0.1) is 15.6 Å². The summed E-state index contributed by atoms with van der Waals surface area (Å²) in [4.78, 5) is 13.5. The predicted molar refractivity (Wildman–Crippen MR) is 69.8 cm³/mol. The van der Waals surface area contributed by atoms with E-state index in [1.807, 2.05) is 13.1 Å². The van der Waals surface area contributed by atoms with E-state index in [0.29, 0.717) is 15.6 Å². The minimum absolute atomic E-state index is 0.329. The van der Waals surface area contributed by atoms with Crippen molar-refractivity contribution in [3.05, 3.63) is 32.8 Å². The number of hydrogen-bond donors (Lipinski definition) is 1. The fourth-order valence-electron chi connectivity index (χ4n) is 1.99. The van der Waals surface area contributed by atoms with Crippen molar-refractivity contribution >= 4 is 40.9 Å². The number of benzene rings is 1. The molecule has 1 aromatic rings. The van der Waals surface area contributed by atoms with Gasteiger partial charge in [-0.05, 0) is 30.7 Å². The smallest absolute Gasteiger partial charge is 0.219 e. The molecule has 0 radical (unpaired) electrons. The highest BCUT2D eigenvalue weighted by molar-refractivity contribution is 7.97. The number of thiol groups is 1. The predicted octanol–water partition coefficient (Wildman–Crippen LogP) is 3.05. The molecule has 0 fully saturated rings. The number of carbonyl (C=O) groups excluding carboxylic acids is 1. The Morgan fingerprint density at radius 3 is 2.81 bits per heavy atom. The highest BCUT2D eigenvalue weighted by Gasteiger charge is 2.22. The van der Waals surface area contributed by atoms with Crippen molar-refractivity contribution in [2.45, 2.75) is 13.0 Å². The van der Waals surface area contributed by atoms with E-state index in [2.05, 4.69) is 17.5 Å². The second-order valence-electron chi connectivity index (χ2n) is 3.98. The zero-order chi connectivity index (χ0) is 11.9. The van der Waals surface area contributed by atoms with Crippen molar-refractivity contribution in [1.82, 2.24) is 4.90 Å². The summed E-state index contributed by atoms with van der Waals surface area (Å²) < 4.78 is 0. The monoisotopic (exact) mass is 275 g/mol. The number of fused-ring (bicyclic) bond motifs is 1. The summed E-state index contributed by atoms with van der Waals surface area (Å²) in [6.45, 7) is 1.75. The summed E-state index contributed by atoms with van der Waals surface area (Å²) in [6, 6.07) is 1.82. The fraction of sp³-hybridized carbons (Fsp3) is 0.364. The van der Waals surface area contributed by atoms with Crippen LogP contribution in [0.5, 0.6) is 0 Å². The number of carbonyl (C=O) groups is 1. The molecular weight excluding hydrogens is 265 g/mol. The Bertz CT molecular complexity index is 462. The molecule has 0 unspecified atom stereocenters. The Hall–Kier alpha value is -0.220. The molecule has 86 valence electrons. The van der Waals surface area contributed by atoms with E-state index in [-0.39, 0.29) is 5.12 Å². The molecule has 5 heteroatoms. The SMILES string of the molecule is CN1CCc2c(cc(Cl)c(C(=O)S)c2Cl)C1. The first kappa shape index (κ1) is 12.2. The van der Waals surface area contributed by atoms with Crippen LogP contribution in [0.2, 0.25) is 10.0 Å². The van der Waals surface area contributed by atoms with Crippen LogP contribution in [0.4, 0.5) is 0 Å². The lowest BCUT2D eigenvalue weighted by Gasteiger charge is -2.26. The zero-order valence-corrected chi connectivity index (χ0v) is 11.2. The molecule has 1 aliphatic heterocycles. The van der Waals surface area contributed by atoms with Crippen LogP contribution >= 0.6 is 35.8 Å². The lowest BCUT2D eigenvalue weighted by Crippen LogP contribution is -2.27. The molecule has 2 nitrogen and oxygen atoms in total. The molecule has 16 heavy (non-hydrogen) atoms. The Labute approximate surface area is 110 Å². The third kappa shape index (κ3) is 2.09. The van der Waals surface area contributed by atoms with Gasteiger partial charge in [0, 0.05) is 13.1 Å². The molecule has 1 aromatic carbocycles. The van der Waals surface area contributed by atoms with Gasteiger partial charge in [-0.2, -0.15) is 0 Å². The number of nitrogens with zero attached hydrogens (tertiary/aromatic N) is 1. The van der Waals surface area contributed by atoms with Gasteiger partial charge < -0.3 is 4.90 Å². The van der Waals surface area contributed by atoms with Crippen LogP contribution in [-0.4, -0.2) is 23.6 Å². The third-order valence-corrected chi connectivity index (χ3v) is 3.75. The Morgan fingerprint density at radius 1 is 1.50 bits per heavy atom. The number of halogens is 2. The topological polar surface area (TPSA) is 20.3 Å². The van der Waals surface area contributed by atoms with E-state index in [0.717, 1.165) is 30.6 Å². The maximum Gasteiger partial charge on any atom is 0.219 e. The quantitative estimate of drug-likeness (QED) is 0.796. The average molecular weight is 276 g/mol. The van der Waals surface area contributed by atoms with Gasteiger partial charge in [-0.15, -0.1) is 12.6 Å². The van der Waals surface area contributed by atoms with E-state index < -0.39 is 0 Å². The summed E-state index contributed by atoms with van der Waals surface area (Å²) in [5.74, 6) is 0. The highest BCUT2D eigenvalue weighted by atomic mass is 35.5. The second kappa shape index (κ2) is 4.57. The maximum absolute atomic E-state index is 11.3. The molecule has 2 rings (SSSR count). The first-order valence-corrected chi connectivity index (χ1v) is 6.12. The lowest BCUT2D eigenvalue weighted by molar-refractivity contribution is 0.109. The summed E-state index contributed by atoms with van der Waals surface area (Å²) >= 11 is 16.0. The van der Waals surface area contributed by atoms with Crippen molar-refractivity contribution in [3.8, 4) is 0 Å². The summed E-state index contributed by atoms with van der Waals surface area (Å²) in [5, 5.41) is 0.478. The third-order valence-electron chi connectivity index (χ3n) is 2.81. The van der Waals surface area contributed by atoms with Crippen molar-refractivity contribution in [1.29, 1.82) is 0 Å². The Balaban J connectivity index is 2.59. The molecule has 0 saturated heterocycles. The van der Waals surface area contributed by atoms with E-state index in [1.54, 1.807) is 0 Å². The van der Waals surface area contributed by atoms with Gasteiger partial charge >= 0.3 is 0 Å². The molecule has 0 saturated carbocycles. The van der Waals surface area contributed by atoms with E-state index in [4.69, 9.17) is 23.2 Å². The van der Waals surface area contributed by atoms with Crippen LogP contribution < -0.4 is 0 Å². The fourth-order valence-corrected chi connectivity index (χ4v) is 3.12. The highest BCUT2D eigenvalue weighted by Crippen LogP contribution is 2.34. The van der Waals surface area contributed by atoms with Crippen LogP contribution in [0, 0.1) is 0 Å². The molecular formula is C11H11Cl2NOS. The Kier molecular flexibility index (Phi) is 3.50. The minimum Gasteiger partial charge on any atom is -0.302 e. The summed E-state index contributed by atoms with van der Waals surface area (Å²) in [7, 11) is 2.04. The van der Waals surface area contributed by atoms with Crippen LogP contribution in [-0.2, 0) is 13.0 Å². The number of rotatable bonds is 1. The molecule has 0 N–H and O–H groups in total. The van der Waals surface area contributed by atoms with Gasteiger partial charge in [0.25, 0.3) is 0 Å². The van der Waals surface area contributed by atoms with Crippen LogP contribution in [0.15, 0.2) is 6.07 Å². The van der Waals surface area contributed by atoms with Gasteiger partial charge in [-0.3, -0.25) is 4.79 Å². The standard InChI is InChI=1S/C11H11Cl2NOS/c1-14-3-2-7-6(5-14)4-8(12)9(10(7)13)11(15)16/h4H,2-3,5H2,1H3,(H,15,16). The van der Waals surface area contributed by atoms with Gasteiger partial charge in [0.1, 0.15) is 0 Å². The molecule has 1 heterocycles. The average Bonchev–Trinajstić information content (AvgIpc) is 2.15. The molecule has 0 bridgehead atoms. The van der Waals surface area contributed by atoms with Crippen LogP contribution in [0.3, 0.4) is 0 Å². The van der Waals surface area contributed by atoms with Gasteiger partial charge in [-0.25, -0.2) is 0 Å². The number of hydrogen-bond acceptors (Lipinski definition) is 2. The van der Waals surface area contributed by atoms with Gasteiger partial charge in [-0.1, -0.05) is 23.2 Å². The van der Waals surface area contributed by atoms with Crippen molar-refractivity contribution in [2.75, 3.05) is 13.6 Å². The second-order valence-corrected chi connectivity index (χ2v) is 5.17. The van der Waals surface area contributed by atoms with Crippen molar-refractivity contribution in [2.24, 2.45) is 0 Å². The lowest BCUT2D eigenvalue weighted by atomic mass is 9.97. The molecule has 0 aromatic heterocycles.